The topological polar surface area (TPSA) is 65.5 Å². The van der Waals surface area contributed by atoms with Crippen LogP contribution in [0.15, 0.2) is 23.2 Å². The van der Waals surface area contributed by atoms with E-state index in [9.17, 15) is 8.42 Å². The highest BCUT2D eigenvalue weighted by atomic mass is 32.2. The minimum absolute atomic E-state index is 0.243. The molecule has 0 radical (unpaired) electrons. The van der Waals surface area contributed by atoms with Crippen LogP contribution in [-0.4, -0.2) is 58.0 Å². The number of pyridine rings is 1. The number of nitrogens with one attached hydrogen (secondary N) is 1. The first kappa shape index (κ1) is 13.8. The SMILES string of the molecule is CN(C)S(=O)(=O)c1ccc(N2CC3CNCC3C2)nc1. The lowest BCUT2D eigenvalue weighted by Gasteiger charge is -2.19. The number of hydrogen-bond donors (Lipinski definition) is 1. The number of hydrogen-bond acceptors (Lipinski definition) is 5. The molecule has 0 amide bonds. The van der Waals surface area contributed by atoms with Gasteiger partial charge in [0.1, 0.15) is 10.7 Å². The molecule has 0 aromatic carbocycles. The van der Waals surface area contributed by atoms with E-state index in [4.69, 9.17) is 0 Å². The van der Waals surface area contributed by atoms with Crippen LogP contribution in [0.5, 0.6) is 0 Å². The summed E-state index contributed by atoms with van der Waals surface area (Å²) in [5.41, 5.74) is 0. The molecular formula is C13H20N4O2S. The Balaban J connectivity index is 1.77. The highest BCUT2D eigenvalue weighted by molar-refractivity contribution is 7.89. The summed E-state index contributed by atoms with van der Waals surface area (Å²) in [5, 5.41) is 3.41. The highest BCUT2D eigenvalue weighted by Gasteiger charge is 2.36. The van der Waals surface area contributed by atoms with Gasteiger partial charge < -0.3 is 10.2 Å². The van der Waals surface area contributed by atoms with E-state index in [2.05, 4.69) is 15.2 Å². The summed E-state index contributed by atoms with van der Waals surface area (Å²) in [7, 11) is -0.338. The van der Waals surface area contributed by atoms with E-state index in [1.807, 2.05) is 6.07 Å². The van der Waals surface area contributed by atoms with E-state index in [0.29, 0.717) is 11.8 Å². The largest absolute Gasteiger partial charge is 0.356 e. The lowest BCUT2D eigenvalue weighted by Crippen LogP contribution is -2.26. The second-order valence-electron chi connectivity index (χ2n) is 5.72. The lowest BCUT2D eigenvalue weighted by atomic mass is 10.0. The predicted octanol–water partition coefficient (Wildman–Crippen LogP) is -0.0125. The maximum atomic E-state index is 12.0. The lowest BCUT2D eigenvalue weighted by molar-refractivity contribution is 0.520. The number of nitrogens with zero attached hydrogens (tertiary/aromatic N) is 3. The Morgan fingerprint density at radius 2 is 1.90 bits per heavy atom. The second-order valence-corrected chi connectivity index (χ2v) is 7.87. The van der Waals surface area contributed by atoms with E-state index >= 15 is 0 Å². The van der Waals surface area contributed by atoms with Crippen molar-refractivity contribution in [2.45, 2.75) is 4.90 Å². The molecular weight excluding hydrogens is 276 g/mol. The standard InChI is InChI=1S/C13H20N4O2S/c1-16(2)20(18,19)12-3-4-13(15-7-12)17-8-10-5-14-6-11(10)9-17/h3-4,7,10-11,14H,5-6,8-9H2,1-2H3. The number of sulfonamides is 1. The Labute approximate surface area is 119 Å². The zero-order valence-corrected chi connectivity index (χ0v) is 12.6. The Kier molecular flexibility index (Phi) is 3.43. The molecule has 20 heavy (non-hydrogen) atoms. The van der Waals surface area contributed by atoms with Crippen LogP contribution in [-0.2, 0) is 10.0 Å². The summed E-state index contributed by atoms with van der Waals surface area (Å²) in [4.78, 5) is 6.83. The monoisotopic (exact) mass is 296 g/mol. The molecule has 0 spiro atoms. The molecule has 2 fully saturated rings. The molecule has 2 aliphatic heterocycles. The summed E-state index contributed by atoms with van der Waals surface area (Å²) >= 11 is 0. The van der Waals surface area contributed by atoms with E-state index in [1.165, 1.54) is 24.6 Å². The van der Waals surface area contributed by atoms with Crippen molar-refractivity contribution in [1.82, 2.24) is 14.6 Å². The van der Waals surface area contributed by atoms with Crippen LogP contribution in [0.1, 0.15) is 0 Å². The molecule has 7 heteroatoms. The molecule has 110 valence electrons. The molecule has 3 heterocycles. The van der Waals surface area contributed by atoms with Crippen LogP contribution in [0.25, 0.3) is 0 Å². The maximum absolute atomic E-state index is 12.0. The molecule has 0 aliphatic carbocycles. The van der Waals surface area contributed by atoms with Gasteiger partial charge in [-0.15, -0.1) is 0 Å². The molecule has 1 aromatic heterocycles. The van der Waals surface area contributed by atoms with Crippen molar-refractivity contribution in [3.05, 3.63) is 18.3 Å². The van der Waals surface area contributed by atoms with Gasteiger partial charge in [0, 0.05) is 46.5 Å². The van der Waals surface area contributed by atoms with E-state index in [1.54, 1.807) is 6.07 Å². The minimum Gasteiger partial charge on any atom is -0.356 e. The third kappa shape index (κ3) is 2.30. The fourth-order valence-corrected chi connectivity index (χ4v) is 3.81. The summed E-state index contributed by atoms with van der Waals surface area (Å²) in [6.07, 6.45) is 1.46. The average Bonchev–Trinajstić information content (AvgIpc) is 2.99. The van der Waals surface area contributed by atoms with Gasteiger partial charge in [-0.2, -0.15) is 0 Å². The molecule has 2 aliphatic rings. The van der Waals surface area contributed by atoms with E-state index in [-0.39, 0.29) is 4.90 Å². The van der Waals surface area contributed by atoms with Crippen molar-refractivity contribution < 1.29 is 8.42 Å². The summed E-state index contributed by atoms with van der Waals surface area (Å²) < 4.78 is 25.2. The van der Waals surface area contributed by atoms with Crippen LogP contribution in [0.4, 0.5) is 5.82 Å². The third-order valence-electron chi connectivity index (χ3n) is 4.21. The van der Waals surface area contributed by atoms with Crippen LogP contribution in [0.2, 0.25) is 0 Å². The van der Waals surface area contributed by atoms with Crippen molar-refractivity contribution in [1.29, 1.82) is 0 Å². The maximum Gasteiger partial charge on any atom is 0.244 e. The Hall–Kier alpha value is -1.18. The average molecular weight is 296 g/mol. The Morgan fingerprint density at radius 1 is 1.25 bits per heavy atom. The van der Waals surface area contributed by atoms with Gasteiger partial charge >= 0.3 is 0 Å². The van der Waals surface area contributed by atoms with E-state index in [0.717, 1.165) is 32.0 Å². The molecule has 2 unspecified atom stereocenters. The van der Waals surface area contributed by atoms with Gasteiger partial charge in [-0.25, -0.2) is 17.7 Å². The predicted molar refractivity (Wildman–Crippen MR) is 77.2 cm³/mol. The van der Waals surface area contributed by atoms with Crippen molar-refractivity contribution in [3.63, 3.8) is 0 Å². The molecule has 0 saturated carbocycles. The van der Waals surface area contributed by atoms with Crippen molar-refractivity contribution in [2.75, 3.05) is 45.2 Å². The van der Waals surface area contributed by atoms with Gasteiger partial charge in [0.05, 0.1) is 0 Å². The van der Waals surface area contributed by atoms with Gasteiger partial charge in [-0.3, -0.25) is 0 Å². The Bertz CT molecular complexity index is 573. The van der Waals surface area contributed by atoms with Gasteiger partial charge in [0.25, 0.3) is 0 Å². The summed E-state index contributed by atoms with van der Waals surface area (Å²) in [6, 6.07) is 3.45. The van der Waals surface area contributed by atoms with E-state index < -0.39 is 10.0 Å². The molecule has 1 aromatic rings. The number of aromatic nitrogens is 1. The van der Waals surface area contributed by atoms with Crippen molar-refractivity contribution in [3.8, 4) is 0 Å². The molecule has 0 bridgehead atoms. The van der Waals surface area contributed by atoms with Gasteiger partial charge in [-0.1, -0.05) is 0 Å². The summed E-state index contributed by atoms with van der Waals surface area (Å²) in [6.45, 7) is 4.16. The third-order valence-corrected chi connectivity index (χ3v) is 6.01. The zero-order valence-electron chi connectivity index (χ0n) is 11.8. The van der Waals surface area contributed by atoms with Crippen LogP contribution >= 0.6 is 0 Å². The first-order valence-corrected chi connectivity index (χ1v) is 8.27. The van der Waals surface area contributed by atoms with Crippen LogP contribution in [0.3, 0.4) is 0 Å². The van der Waals surface area contributed by atoms with Gasteiger partial charge in [-0.05, 0) is 24.0 Å². The molecule has 2 saturated heterocycles. The highest BCUT2D eigenvalue weighted by Crippen LogP contribution is 2.29. The van der Waals surface area contributed by atoms with Crippen molar-refractivity contribution in [2.24, 2.45) is 11.8 Å². The Morgan fingerprint density at radius 3 is 2.40 bits per heavy atom. The molecule has 1 N–H and O–H groups in total. The quantitative estimate of drug-likeness (QED) is 0.850. The van der Waals surface area contributed by atoms with Gasteiger partial charge in [0.15, 0.2) is 0 Å². The number of anilines is 1. The number of fused-ring (bicyclic) bond motifs is 1. The zero-order chi connectivity index (χ0) is 14.3. The first-order valence-electron chi connectivity index (χ1n) is 6.83. The number of rotatable bonds is 3. The molecule has 2 atom stereocenters. The molecule has 3 rings (SSSR count). The van der Waals surface area contributed by atoms with Crippen LogP contribution < -0.4 is 10.2 Å². The van der Waals surface area contributed by atoms with Gasteiger partial charge in [0.2, 0.25) is 10.0 Å². The first-order chi connectivity index (χ1) is 9.48. The molecule has 6 nitrogen and oxygen atoms in total. The van der Waals surface area contributed by atoms with Crippen LogP contribution in [0, 0.1) is 11.8 Å². The smallest absolute Gasteiger partial charge is 0.244 e. The van der Waals surface area contributed by atoms with Crippen molar-refractivity contribution >= 4 is 15.8 Å². The fraction of sp³-hybridized carbons (Fsp3) is 0.615. The fourth-order valence-electron chi connectivity index (χ4n) is 2.97. The normalized spacial score (nSPS) is 26.2. The minimum atomic E-state index is -3.39. The second kappa shape index (κ2) is 4.98. The summed E-state index contributed by atoms with van der Waals surface area (Å²) in [5.74, 6) is 2.26.